The van der Waals surface area contributed by atoms with Crippen molar-refractivity contribution >= 4 is 37.3 Å². The SMILES string of the molecule is C[C@@H]1C[C@@H](C)CN(S(=O)(=O)c2ccc(NS(=O)(=O)c3ccc(Cl)c(C(F)(F)F)c3)cc2)C1. The quantitative estimate of drug-likeness (QED) is 0.624. The summed E-state index contributed by atoms with van der Waals surface area (Å²) in [6.07, 6.45) is -3.88. The van der Waals surface area contributed by atoms with Crippen molar-refractivity contribution in [3.63, 3.8) is 0 Å². The Bertz CT molecular complexity index is 1190. The molecular weight excluding hydrogens is 489 g/mol. The fraction of sp³-hybridized carbons (Fsp3) is 0.400. The van der Waals surface area contributed by atoms with Crippen LogP contribution in [0.1, 0.15) is 25.8 Å². The summed E-state index contributed by atoms with van der Waals surface area (Å²) in [5.41, 5.74) is -1.26. The molecule has 1 aliphatic heterocycles. The lowest BCUT2D eigenvalue weighted by Crippen LogP contribution is -2.42. The molecule has 0 amide bonds. The maximum atomic E-state index is 13.0. The van der Waals surface area contributed by atoms with Crippen molar-refractivity contribution in [2.75, 3.05) is 17.8 Å². The van der Waals surface area contributed by atoms with Gasteiger partial charge in [-0.3, -0.25) is 4.72 Å². The molecule has 0 unspecified atom stereocenters. The molecular formula is C20H22ClF3N2O4S2. The minimum absolute atomic E-state index is 0.00704. The van der Waals surface area contributed by atoms with Crippen LogP contribution < -0.4 is 4.72 Å². The number of sulfonamides is 2. The van der Waals surface area contributed by atoms with E-state index in [-0.39, 0.29) is 22.4 Å². The number of rotatable bonds is 5. The van der Waals surface area contributed by atoms with Crippen LogP contribution in [0.4, 0.5) is 18.9 Å². The summed E-state index contributed by atoms with van der Waals surface area (Å²) >= 11 is 5.54. The van der Waals surface area contributed by atoms with Gasteiger partial charge in [0.1, 0.15) is 0 Å². The van der Waals surface area contributed by atoms with E-state index in [2.05, 4.69) is 4.72 Å². The normalized spacial score (nSPS) is 20.8. The lowest BCUT2D eigenvalue weighted by molar-refractivity contribution is -0.137. The molecule has 2 aromatic carbocycles. The molecule has 1 fully saturated rings. The molecule has 176 valence electrons. The van der Waals surface area contributed by atoms with Gasteiger partial charge in [0.15, 0.2) is 0 Å². The van der Waals surface area contributed by atoms with E-state index in [1.54, 1.807) is 0 Å². The summed E-state index contributed by atoms with van der Waals surface area (Å²) in [5.74, 6) is 0.446. The molecule has 6 nitrogen and oxygen atoms in total. The zero-order valence-electron chi connectivity index (χ0n) is 17.2. The van der Waals surface area contributed by atoms with Crippen LogP contribution in [0.15, 0.2) is 52.3 Å². The van der Waals surface area contributed by atoms with Crippen LogP contribution in [0, 0.1) is 11.8 Å². The molecule has 0 spiro atoms. The highest BCUT2D eigenvalue weighted by Crippen LogP contribution is 2.36. The average molecular weight is 511 g/mol. The first-order valence-corrected chi connectivity index (χ1v) is 13.0. The predicted octanol–water partition coefficient (Wildman–Crippen LogP) is 4.83. The van der Waals surface area contributed by atoms with Gasteiger partial charge in [-0.25, -0.2) is 16.8 Å². The van der Waals surface area contributed by atoms with Gasteiger partial charge in [-0.05, 0) is 60.7 Å². The minimum Gasteiger partial charge on any atom is -0.280 e. The van der Waals surface area contributed by atoms with Gasteiger partial charge in [-0.15, -0.1) is 0 Å². The first-order chi connectivity index (χ1) is 14.7. The second-order valence-corrected chi connectivity index (χ2v) is 12.1. The molecule has 0 aromatic heterocycles. The van der Waals surface area contributed by atoms with Crippen LogP contribution >= 0.6 is 11.6 Å². The van der Waals surface area contributed by atoms with Gasteiger partial charge in [0, 0.05) is 18.8 Å². The van der Waals surface area contributed by atoms with Gasteiger partial charge >= 0.3 is 6.18 Å². The summed E-state index contributed by atoms with van der Waals surface area (Å²) in [7, 11) is -8.12. The van der Waals surface area contributed by atoms with Crippen LogP contribution in [0.3, 0.4) is 0 Å². The molecule has 1 aliphatic rings. The zero-order chi connectivity index (χ0) is 23.9. The van der Waals surface area contributed by atoms with Crippen molar-refractivity contribution in [3.8, 4) is 0 Å². The second-order valence-electron chi connectivity index (χ2n) is 8.04. The Morgan fingerprint density at radius 3 is 2.00 bits per heavy atom. The highest BCUT2D eigenvalue weighted by atomic mass is 35.5. The number of alkyl halides is 3. The molecule has 3 rings (SSSR count). The number of halogens is 4. The van der Waals surface area contributed by atoms with Gasteiger partial charge in [0.25, 0.3) is 10.0 Å². The van der Waals surface area contributed by atoms with Crippen LogP contribution in [0.2, 0.25) is 5.02 Å². The summed E-state index contributed by atoms with van der Waals surface area (Å²) in [6.45, 7) is 4.77. The molecule has 0 bridgehead atoms. The topological polar surface area (TPSA) is 83.6 Å². The fourth-order valence-corrected chi connectivity index (χ4v) is 6.74. The maximum absolute atomic E-state index is 13.0. The summed E-state index contributed by atoms with van der Waals surface area (Å²) in [4.78, 5) is -0.616. The van der Waals surface area contributed by atoms with Gasteiger partial charge in [-0.2, -0.15) is 17.5 Å². The molecule has 1 N–H and O–H groups in total. The van der Waals surface area contributed by atoms with E-state index in [9.17, 15) is 30.0 Å². The Morgan fingerprint density at radius 1 is 0.938 bits per heavy atom. The Morgan fingerprint density at radius 2 is 1.47 bits per heavy atom. The van der Waals surface area contributed by atoms with E-state index < -0.39 is 41.7 Å². The number of anilines is 1. The number of hydrogen-bond acceptors (Lipinski definition) is 4. The van der Waals surface area contributed by atoms with Gasteiger partial charge in [0.05, 0.1) is 20.4 Å². The van der Waals surface area contributed by atoms with Crippen molar-refractivity contribution < 1.29 is 30.0 Å². The smallest absolute Gasteiger partial charge is 0.280 e. The standard InChI is InChI=1S/C20H22ClF3N2O4S2/c1-13-9-14(2)12-26(11-13)32(29,30)16-5-3-15(4-6-16)25-31(27,28)17-7-8-19(21)18(10-17)20(22,23)24/h3-8,10,13-14,25H,9,11-12H2,1-2H3/t13-,14-/m1/s1. The summed E-state index contributed by atoms with van der Waals surface area (Å²) in [6, 6.07) is 7.29. The Hall–Kier alpha value is -1.82. The van der Waals surface area contributed by atoms with Crippen molar-refractivity contribution in [1.82, 2.24) is 4.31 Å². The number of nitrogens with one attached hydrogen (secondary N) is 1. The first kappa shape index (κ1) is 24.8. The van der Waals surface area contributed by atoms with Crippen LogP contribution in [0.5, 0.6) is 0 Å². The average Bonchev–Trinajstić information content (AvgIpc) is 2.66. The number of hydrogen-bond donors (Lipinski definition) is 1. The molecule has 1 saturated heterocycles. The monoisotopic (exact) mass is 510 g/mol. The van der Waals surface area contributed by atoms with Crippen molar-refractivity contribution in [3.05, 3.63) is 53.1 Å². The largest absolute Gasteiger partial charge is 0.417 e. The van der Waals surface area contributed by atoms with E-state index in [4.69, 9.17) is 11.6 Å². The molecule has 32 heavy (non-hydrogen) atoms. The number of piperidine rings is 1. The lowest BCUT2D eigenvalue weighted by atomic mass is 9.94. The predicted molar refractivity (Wildman–Crippen MR) is 115 cm³/mol. The molecule has 2 atom stereocenters. The molecule has 0 saturated carbocycles. The molecule has 1 heterocycles. The van der Waals surface area contributed by atoms with E-state index in [1.807, 2.05) is 13.8 Å². The van der Waals surface area contributed by atoms with Gasteiger partial charge in [0.2, 0.25) is 10.0 Å². The van der Waals surface area contributed by atoms with Crippen molar-refractivity contribution in [2.45, 2.75) is 36.2 Å². The third kappa shape index (κ3) is 5.38. The number of benzene rings is 2. The lowest BCUT2D eigenvalue weighted by Gasteiger charge is -2.34. The molecule has 12 heteroatoms. The first-order valence-electron chi connectivity index (χ1n) is 9.70. The van der Waals surface area contributed by atoms with E-state index in [1.165, 1.54) is 28.6 Å². The second kappa shape index (κ2) is 8.85. The molecule has 0 radical (unpaired) electrons. The Labute approximate surface area is 190 Å². The maximum Gasteiger partial charge on any atom is 0.417 e. The molecule has 2 aromatic rings. The molecule has 0 aliphatic carbocycles. The summed E-state index contributed by atoms with van der Waals surface area (Å²) in [5, 5.41) is -0.618. The van der Waals surface area contributed by atoms with Crippen LogP contribution in [0.25, 0.3) is 0 Å². The van der Waals surface area contributed by atoms with Crippen molar-refractivity contribution in [1.29, 1.82) is 0 Å². The zero-order valence-corrected chi connectivity index (χ0v) is 19.6. The van der Waals surface area contributed by atoms with E-state index in [0.29, 0.717) is 19.2 Å². The third-order valence-electron chi connectivity index (χ3n) is 5.13. The van der Waals surface area contributed by atoms with Crippen molar-refractivity contribution in [2.24, 2.45) is 11.8 Å². The fourth-order valence-electron chi connectivity index (χ4n) is 3.75. The summed E-state index contributed by atoms with van der Waals surface area (Å²) < 4.78 is 93.6. The van der Waals surface area contributed by atoms with Crippen LogP contribution in [-0.2, 0) is 26.2 Å². The third-order valence-corrected chi connectivity index (χ3v) is 8.69. The highest BCUT2D eigenvalue weighted by Gasteiger charge is 2.35. The minimum atomic E-state index is -4.82. The van der Waals surface area contributed by atoms with Gasteiger partial charge < -0.3 is 0 Å². The van der Waals surface area contributed by atoms with Gasteiger partial charge in [-0.1, -0.05) is 25.4 Å². The Balaban J connectivity index is 1.83. The van der Waals surface area contributed by atoms with Crippen LogP contribution in [-0.4, -0.2) is 34.2 Å². The number of nitrogens with zero attached hydrogens (tertiary/aromatic N) is 1. The van der Waals surface area contributed by atoms with E-state index in [0.717, 1.165) is 18.6 Å². The Kier molecular flexibility index (Phi) is 6.86. The van der Waals surface area contributed by atoms with E-state index >= 15 is 0 Å². The highest BCUT2D eigenvalue weighted by molar-refractivity contribution is 7.92.